The normalized spacial score (nSPS) is 13.8. The molecule has 0 spiro atoms. The third-order valence-corrected chi connectivity index (χ3v) is 4.19. The zero-order valence-electron chi connectivity index (χ0n) is 13.5. The molecule has 2 atom stereocenters. The van der Waals surface area contributed by atoms with Crippen molar-refractivity contribution in [3.63, 3.8) is 0 Å². The van der Waals surface area contributed by atoms with Gasteiger partial charge in [0.25, 0.3) is 5.91 Å². The lowest BCUT2D eigenvalue weighted by atomic mass is 10.2. The molecule has 0 heterocycles. The molecule has 0 aliphatic rings. The Morgan fingerprint density at radius 3 is 2.55 bits per heavy atom. The van der Waals surface area contributed by atoms with E-state index in [1.807, 2.05) is 0 Å². The lowest BCUT2D eigenvalue weighted by Gasteiger charge is -2.27. The molecule has 0 unspecified atom stereocenters. The number of benzene rings is 1. The van der Waals surface area contributed by atoms with E-state index in [9.17, 15) is 9.18 Å². The molecule has 0 bridgehead atoms. The van der Waals surface area contributed by atoms with Gasteiger partial charge in [-0.05, 0) is 61.1 Å². The van der Waals surface area contributed by atoms with Crippen molar-refractivity contribution in [1.29, 1.82) is 0 Å². The Kier molecular flexibility index (Phi) is 7.82. The molecule has 0 saturated heterocycles. The molecule has 0 aliphatic heterocycles. The highest BCUT2D eigenvalue weighted by Crippen LogP contribution is 2.26. The molecule has 1 amide bonds. The fourth-order valence-corrected chi connectivity index (χ4v) is 2.63. The van der Waals surface area contributed by atoms with Crippen LogP contribution in [0, 0.1) is 5.82 Å². The zero-order valence-corrected chi connectivity index (χ0v) is 15.1. The van der Waals surface area contributed by atoms with E-state index in [0.29, 0.717) is 16.8 Å². The van der Waals surface area contributed by atoms with Crippen LogP contribution in [0.3, 0.4) is 0 Å². The fourth-order valence-electron chi connectivity index (χ4n) is 2.18. The van der Waals surface area contributed by atoms with E-state index in [1.54, 1.807) is 6.92 Å². The van der Waals surface area contributed by atoms with Crippen molar-refractivity contribution < 1.29 is 13.9 Å². The number of nitrogens with one attached hydrogen (secondary N) is 1. The monoisotopic (exact) mass is 374 g/mol. The number of likely N-dealkylation sites (N-methyl/N-ethyl adjacent to an activating group) is 1. The fraction of sp³-hybridized carbons (Fsp3) is 0.562. The third kappa shape index (κ3) is 5.57. The maximum atomic E-state index is 13.0. The van der Waals surface area contributed by atoms with Crippen LogP contribution in [0.15, 0.2) is 22.7 Å². The lowest BCUT2D eigenvalue weighted by Crippen LogP contribution is -2.45. The minimum atomic E-state index is -0.648. The van der Waals surface area contributed by atoms with Crippen molar-refractivity contribution >= 4 is 21.8 Å². The van der Waals surface area contributed by atoms with Crippen LogP contribution in [0.5, 0.6) is 5.75 Å². The Morgan fingerprint density at radius 1 is 1.36 bits per heavy atom. The largest absolute Gasteiger partial charge is 0.480 e. The van der Waals surface area contributed by atoms with Crippen LogP contribution in [-0.4, -0.2) is 42.6 Å². The van der Waals surface area contributed by atoms with Gasteiger partial charge in [-0.1, -0.05) is 13.8 Å². The summed E-state index contributed by atoms with van der Waals surface area (Å²) in [5, 5.41) is 2.89. The number of hydrogen-bond acceptors (Lipinski definition) is 3. The Bertz CT molecular complexity index is 495. The van der Waals surface area contributed by atoms with Gasteiger partial charge < -0.3 is 10.1 Å². The molecule has 0 saturated carbocycles. The highest BCUT2D eigenvalue weighted by atomic mass is 79.9. The molecule has 0 fully saturated rings. The van der Waals surface area contributed by atoms with Crippen LogP contribution in [0.4, 0.5) is 4.39 Å². The van der Waals surface area contributed by atoms with E-state index in [4.69, 9.17) is 4.74 Å². The van der Waals surface area contributed by atoms with Gasteiger partial charge in [0.2, 0.25) is 0 Å². The Morgan fingerprint density at radius 2 is 2.00 bits per heavy atom. The first-order valence-electron chi connectivity index (χ1n) is 7.52. The summed E-state index contributed by atoms with van der Waals surface area (Å²) < 4.78 is 19.1. The summed E-state index contributed by atoms with van der Waals surface area (Å²) in [6.45, 7) is 10.4. The number of hydrogen-bond donors (Lipinski definition) is 1. The van der Waals surface area contributed by atoms with Gasteiger partial charge in [-0.2, -0.15) is 0 Å². The highest BCUT2D eigenvalue weighted by molar-refractivity contribution is 9.10. The molecule has 0 radical (unpaired) electrons. The second-order valence-corrected chi connectivity index (χ2v) is 6.00. The molecular formula is C16H24BrFN2O2. The number of nitrogens with zero attached hydrogens (tertiary/aromatic N) is 1. The Labute approximate surface area is 140 Å². The molecule has 6 heteroatoms. The van der Waals surface area contributed by atoms with E-state index in [2.05, 4.69) is 46.9 Å². The van der Waals surface area contributed by atoms with Gasteiger partial charge in [-0.25, -0.2) is 4.39 Å². The summed E-state index contributed by atoms with van der Waals surface area (Å²) in [7, 11) is 0. The highest BCUT2D eigenvalue weighted by Gasteiger charge is 2.18. The molecule has 4 nitrogen and oxygen atoms in total. The molecule has 1 N–H and O–H groups in total. The molecular weight excluding hydrogens is 351 g/mol. The van der Waals surface area contributed by atoms with Gasteiger partial charge >= 0.3 is 0 Å². The van der Waals surface area contributed by atoms with Crippen molar-refractivity contribution in [2.75, 3.05) is 19.6 Å². The first-order valence-corrected chi connectivity index (χ1v) is 8.31. The van der Waals surface area contributed by atoms with Crippen LogP contribution in [0.25, 0.3) is 0 Å². The number of halogens is 2. The molecule has 124 valence electrons. The molecule has 1 rings (SSSR count). The number of carbonyl (C=O) groups is 1. The van der Waals surface area contributed by atoms with E-state index >= 15 is 0 Å². The average molecular weight is 375 g/mol. The quantitative estimate of drug-likeness (QED) is 0.759. The molecule has 22 heavy (non-hydrogen) atoms. The molecule has 1 aromatic rings. The van der Waals surface area contributed by atoms with E-state index in [-0.39, 0.29) is 17.8 Å². The van der Waals surface area contributed by atoms with Crippen LogP contribution in [-0.2, 0) is 4.79 Å². The van der Waals surface area contributed by atoms with Crippen LogP contribution < -0.4 is 10.1 Å². The Balaban J connectivity index is 2.51. The lowest BCUT2D eigenvalue weighted by molar-refractivity contribution is -0.127. The van der Waals surface area contributed by atoms with E-state index in [1.165, 1.54) is 18.2 Å². The minimum Gasteiger partial charge on any atom is -0.480 e. The second kappa shape index (κ2) is 9.10. The summed E-state index contributed by atoms with van der Waals surface area (Å²) in [5.74, 6) is -0.0968. The Hall–Kier alpha value is -1.14. The maximum absolute atomic E-state index is 13.0. The molecule has 0 aliphatic carbocycles. The zero-order chi connectivity index (χ0) is 16.7. The maximum Gasteiger partial charge on any atom is 0.260 e. The van der Waals surface area contributed by atoms with Gasteiger partial charge in [0.05, 0.1) is 4.47 Å². The second-order valence-electron chi connectivity index (χ2n) is 5.15. The standard InChI is InChI=1S/C16H24BrFN2O2/c1-5-20(6-2)11(3)10-19-16(21)12(4)22-15-8-7-13(18)9-14(15)17/h7-9,11-12H,5-6,10H2,1-4H3,(H,19,21)/t11-,12+/m0/s1. The average Bonchev–Trinajstić information content (AvgIpc) is 2.48. The number of carbonyl (C=O) groups excluding carboxylic acids is 1. The van der Waals surface area contributed by atoms with Gasteiger partial charge in [0.1, 0.15) is 11.6 Å². The predicted octanol–water partition coefficient (Wildman–Crippen LogP) is 3.20. The van der Waals surface area contributed by atoms with Crippen LogP contribution >= 0.6 is 15.9 Å². The summed E-state index contributed by atoms with van der Waals surface area (Å²) in [6.07, 6.45) is -0.648. The third-order valence-electron chi connectivity index (χ3n) is 3.57. The van der Waals surface area contributed by atoms with Gasteiger partial charge in [-0.3, -0.25) is 9.69 Å². The van der Waals surface area contributed by atoms with E-state index in [0.717, 1.165) is 13.1 Å². The molecule has 1 aromatic carbocycles. The van der Waals surface area contributed by atoms with Gasteiger partial charge in [0.15, 0.2) is 6.10 Å². The van der Waals surface area contributed by atoms with Crippen molar-refractivity contribution in [3.05, 3.63) is 28.5 Å². The predicted molar refractivity (Wildman–Crippen MR) is 89.6 cm³/mol. The number of ether oxygens (including phenoxy) is 1. The molecule has 0 aromatic heterocycles. The first-order chi connectivity index (χ1) is 10.4. The smallest absolute Gasteiger partial charge is 0.260 e. The van der Waals surface area contributed by atoms with Crippen molar-refractivity contribution in [3.8, 4) is 5.75 Å². The summed E-state index contributed by atoms with van der Waals surface area (Å²) in [5.41, 5.74) is 0. The topological polar surface area (TPSA) is 41.6 Å². The van der Waals surface area contributed by atoms with Gasteiger partial charge in [-0.15, -0.1) is 0 Å². The summed E-state index contributed by atoms with van der Waals surface area (Å²) in [6, 6.07) is 4.38. The first kappa shape index (κ1) is 18.9. The van der Waals surface area contributed by atoms with Crippen LogP contribution in [0.1, 0.15) is 27.7 Å². The number of rotatable bonds is 8. The summed E-state index contributed by atoms with van der Waals surface area (Å²) >= 11 is 3.22. The SMILES string of the molecule is CCN(CC)[C@@H](C)CNC(=O)[C@@H](C)Oc1ccc(F)cc1Br. The van der Waals surface area contributed by atoms with Crippen molar-refractivity contribution in [2.24, 2.45) is 0 Å². The van der Waals surface area contributed by atoms with Crippen LogP contribution in [0.2, 0.25) is 0 Å². The van der Waals surface area contributed by atoms with Gasteiger partial charge in [0, 0.05) is 12.6 Å². The van der Waals surface area contributed by atoms with Crippen molar-refractivity contribution in [1.82, 2.24) is 10.2 Å². The number of amides is 1. The van der Waals surface area contributed by atoms with Crippen molar-refractivity contribution in [2.45, 2.75) is 39.8 Å². The van der Waals surface area contributed by atoms with E-state index < -0.39 is 6.10 Å². The summed E-state index contributed by atoms with van der Waals surface area (Å²) in [4.78, 5) is 14.4. The minimum absolute atomic E-state index is 0.185.